The van der Waals surface area contributed by atoms with E-state index in [9.17, 15) is 4.79 Å². The van der Waals surface area contributed by atoms with Crippen molar-refractivity contribution in [1.29, 1.82) is 0 Å². The minimum absolute atomic E-state index is 0.0227. The maximum atomic E-state index is 12.1. The molecule has 1 saturated heterocycles. The lowest BCUT2D eigenvalue weighted by atomic mass is 9.96. The largest absolute Gasteiger partial charge is 0.352 e. The Bertz CT molecular complexity index is 447. The fourth-order valence-corrected chi connectivity index (χ4v) is 3.27. The smallest absolute Gasteiger partial charge is 0.252 e. The molecule has 1 amide bonds. The van der Waals surface area contributed by atoms with Gasteiger partial charge in [0.1, 0.15) is 0 Å². The molecule has 1 unspecified atom stereocenters. The van der Waals surface area contributed by atoms with Crippen molar-refractivity contribution in [2.45, 2.75) is 19.3 Å². The van der Waals surface area contributed by atoms with Gasteiger partial charge >= 0.3 is 0 Å². The van der Waals surface area contributed by atoms with Crippen molar-refractivity contribution in [3.63, 3.8) is 0 Å². The third kappa shape index (κ3) is 4.72. The van der Waals surface area contributed by atoms with Crippen LogP contribution in [0.1, 0.15) is 29.6 Å². The average Bonchev–Trinajstić information content (AvgIpc) is 2.42. The molecule has 0 aromatic heterocycles. The molecule has 0 radical (unpaired) electrons. The zero-order valence-electron chi connectivity index (χ0n) is 10.7. The van der Waals surface area contributed by atoms with Crippen LogP contribution < -0.4 is 10.6 Å². The molecule has 1 fully saturated rings. The summed E-state index contributed by atoms with van der Waals surface area (Å²) in [5.41, 5.74) is 0.747. The molecule has 19 heavy (non-hydrogen) atoms. The van der Waals surface area contributed by atoms with E-state index in [0.29, 0.717) is 5.92 Å². The Morgan fingerprint density at radius 2 is 2.37 bits per heavy atom. The Morgan fingerprint density at radius 1 is 1.53 bits per heavy atom. The molecule has 1 aliphatic heterocycles. The van der Waals surface area contributed by atoms with Crippen molar-refractivity contribution in [3.8, 4) is 0 Å². The molecule has 1 heterocycles. The van der Waals surface area contributed by atoms with Gasteiger partial charge in [0, 0.05) is 14.6 Å². The zero-order valence-corrected chi connectivity index (χ0v) is 14.5. The average molecular weight is 437 g/mol. The van der Waals surface area contributed by atoms with E-state index < -0.39 is 0 Å². The molecule has 3 nitrogen and oxygen atoms in total. The van der Waals surface area contributed by atoms with E-state index in [1.807, 2.05) is 18.2 Å². The second-order valence-electron chi connectivity index (χ2n) is 4.88. The third-order valence-corrected chi connectivity index (χ3v) is 4.84. The van der Waals surface area contributed by atoms with Gasteiger partial charge in [0.05, 0.1) is 5.56 Å². The van der Waals surface area contributed by atoms with Crippen LogP contribution >= 0.6 is 38.5 Å². The summed E-state index contributed by atoms with van der Waals surface area (Å²) in [6.45, 7) is 2.98. The van der Waals surface area contributed by atoms with Gasteiger partial charge in [-0.25, -0.2) is 0 Å². The Labute approximate surface area is 136 Å². The van der Waals surface area contributed by atoms with E-state index in [0.717, 1.165) is 39.7 Å². The van der Waals surface area contributed by atoms with E-state index in [1.54, 1.807) is 0 Å². The first kappa shape index (κ1) is 15.3. The number of carbonyl (C=O) groups is 1. The van der Waals surface area contributed by atoms with Gasteiger partial charge in [0.15, 0.2) is 0 Å². The number of amides is 1. The van der Waals surface area contributed by atoms with Crippen molar-refractivity contribution in [1.82, 2.24) is 10.6 Å². The summed E-state index contributed by atoms with van der Waals surface area (Å²) in [6, 6.07) is 5.77. The quantitative estimate of drug-likeness (QED) is 0.711. The van der Waals surface area contributed by atoms with Gasteiger partial charge in [-0.05, 0) is 79.1 Å². The molecular weight excluding hydrogens is 419 g/mol. The molecule has 104 valence electrons. The van der Waals surface area contributed by atoms with Gasteiger partial charge in [-0.3, -0.25) is 4.79 Å². The van der Waals surface area contributed by atoms with Gasteiger partial charge < -0.3 is 10.6 Å². The number of hydrogen-bond donors (Lipinski definition) is 2. The number of nitrogens with one attached hydrogen (secondary N) is 2. The van der Waals surface area contributed by atoms with Crippen molar-refractivity contribution in [3.05, 3.63) is 31.8 Å². The Morgan fingerprint density at radius 3 is 3.11 bits per heavy atom. The van der Waals surface area contributed by atoms with Crippen LogP contribution in [0.3, 0.4) is 0 Å². The number of carbonyl (C=O) groups excluding carboxylic acids is 1. The molecule has 0 spiro atoms. The van der Waals surface area contributed by atoms with Crippen molar-refractivity contribution >= 4 is 44.4 Å². The van der Waals surface area contributed by atoms with Gasteiger partial charge in [-0.2, -0.15) is 0 Å². The lowest BCUT2D eigenvalue weighted by Gasteiger charge is -2.22. The predicted molar refractivity (Wildman–Crippen MR) is 89.4 cm³/mol. The highest BCUT2D eigenvalue weighted by molar-refractivity contribution is 14.1. The normalized spacial score (nSPS) is 19.2. The molecule has 0 aliphatic carbocycles. The van der Waals surface area contributed by atoms with Gasteiger partial charge in [0.2, 0.25) is 0 Å². The highest BCUT2D eigenvalue weighted by Gasteiger charge is 2.14. The van der Waals surface area contributed by atoms with Crippen LogP contribution in [0.4, 0.5) is 0 Å². The molecule has 1 aliphatic rings. The minimum atomic E-state index is 0.0227. The molecule has 5 heteroatoms. The Hall–Kier alpha value is -0.140. The topological polar surface area (TPSA) is 41.1 Å². The summed E-state index contributed by atoms with van der Waals surface area (Å²) in [5, 5.41) is 6.42. The minimum Gasteiger partial charge on any atom is -0.352 e. The molecule has 2 rings (SSSR count). The van der Waals surface area contributed by atoms with Gasteiger partial charge in [-0.15, -0.1) is 0 Å². The molecule has 2 N–H and O–H groups in total. The van der Waals surface area contributed by atoms with E-state index in [2.05, 4.69) is 49.2 Å². The van der Waals surface area contributed by atoms with Crippen LogP contribution in [0.2, 0.25) is 0 Å². The standard InChI is InChI=1S/C14H18BrIN2O/c15-11-3-4-13(16)12(8-11)14(19)18-7-5-10-2-1-6-17-9-10/h3-4,8,10,17H,1-2,5-7,9H2,(H,18,19). The lowest BCUT2D eigenvalue weighted by Crippen LogP contribution is -2.33. The monoisotopic (exact) mass is 436 g/mol. The predicted octanol–water partition coefficient (Wildman–Crippen LogP) is 3.17. The lowest BCUT2D eigenvalue weighted by molar-refractivity contribution is 0.0949. The Kier molecular flexibility index (Phi) is 6.09. The van der Waals surface area contributed by atoms with Crippen LogP contribution in [0.15, 0.2) is 22.7 Å². The van der Waals surface area contributed by atoms with Crippen LogP contribution in [0.5, 0.6) is 0 Å². The Balaban J connectivity index is 1.82. The van der Waals surface area contributed by atoms with Crippen LogP contribution in [0, 0.1) is 9.49 Å². The molecule has 0 bridgehead atoms. The molecular formula is C14H18BrIN2O. The van der Waals surface area contributed by atoms with E-state index in [4.69, 9.17) is 0 Å². The first-order valence-corrected chi connectivity index (χ1v) is 8.48. The summed E-state index contributed by atoms with van der Waals surface area (Å²) >= 11 is 5.60. The molecule has 1 aromatic carbocycles. The maximum absolute atomic E-state index is 12.1. The van der Waals surface area contributed by atoms with Gasteiger partial charge in [0.25, 0.3) is 5.91 Å². The van der Waals surface area contributed by atoms with Gasteiger partial charge in [-0.1, -0.05) is 15.9 Å². The second-order valence-corrected chi connectivity index (χ2v) is 6.96. The fraction of sp³-hybridized carbons (Fsp3) is 0.500. The maximum Gasteiger partial charge on any atom is 0.252 e. The number of hydrogen-bond acceptors (Lipinski definition) is 2. The number of rotatable bonds is 4. The summed E-state index contributed by atoms with van der Waals surface area (Å²) in [6.07, 6.45) is 3.59. The second kappa shape index (κ2) is 7.59. The first-order chi connectivity index (χ1) is 9.16. The van der Waals surface area contributed by atoms with Crippen LogP contribution in [-0.2, 0) is 0 Å². The molecule has 0 saturated carbocycles. The molecule has 1 atom stereocenters. The van der Waals surface area contributed by atoms with Crippen molar-refractivity contribution < 1.29 is 4.79 Å². The first-order valence-electron chi connectivity index (χ1n) is 6.61. The summed E-state index contributed by atoms with van der Waals surface area (Å²) in [7, 11) is 0. The number of halogens is 2. The van der Waals surface area contributed by atoms with E-state index in [1.165, 1.54) is 12.8 Å². The fourth-order valence-electron chi connectivity index (χ4n) is 2.33. The highest BCUT2D eigenvalue weighted by Crippen LogP contribution is 2.18. The SMILES string of the molecule is O=C(NCCC1CCCNC1)c1cc(Br)ccc1I. The summed E-state index contributed by atoms with van der Waals surface area (Å²) in [4.78, 5) is 12.1. The van der Waals surface area contributed by atoms with Crippen molar-refractivity contribution in [2.24, 2.45) is 5.92 Å². The third-order valence-electron chi connectivity index (χ3n) is 3.41. The number of benzene rings is 1. The summed E-state index contributed by atoms with van der Waals surface area (Å²) in [5.74, 6) is 0.727. The zero-order chi connectivity index (χ0) is 13.7. The van der Waals surface area contributed by atoms with Crippen LogP contribution in [-0.4, -0.2) is 25.5 Å². The number of piperidine rings is 1. The van der Waals surface area contributed by atoms with E-state index in [-0.39, 0.29) is 5.91 Å². The summed E-state index contributed by atoms with van der Waals surface area (Å²) < 4.78 is 1.92. The van der Waals surface area contributed by atoms with Crippen molar-refractivity contribution in [2.75, 3.05) is 19.6 Å². The van der Waals surface area contributed by atoms with E-state index >= 15 is 0 Å². The molecule has 1 aromatic rings. The highest BCUT2D eigenvalue weighted by atomic mass is 127. The van der Waals surface area contributed by atoms with Crippen LogP contribution in [0.25, 0.3) is 0 Å².